The molecule has 0 aliphatic heterocycles. The Balaban J connectivity index is 1.79. The van der Waals surface area contributed by atoms with Gasteiger partial charge in [0.05, 0.1) is 11.8 Å². The molecular weight excluding hydrogens is 398 g/mol. The summed E-state index contributed by atoms with van der Waals surface area (Å²) in [4.78, 5) is 26.3. The average Bonchev–Trinajstić information content (AvgIpc) is 2.82. The van der Waals surface area contributed by atoms with Crippen LogP contribution in [0.25, 0.3) is 0 Å². The van der Waals surface area contributed by atoms with E-state index in [9.17, 15) is 14.7 Å². The van der Waals surface area contributed by atoms with E-state index in [0.29, 0.717) is 0 Å². The Labute approximate surface area is 188 Å². The van der Waals surface area contributed by atoms with Gasteiger partial charge in [-0.1, -0.05) is 84.9 Å². The van der Waals surface area contributed by atoms with Crippen molar-refractivity contribution in [2.75, 3.05) is 5.32 Å². The molecule has 0 spiro atoms. The molecule has 32 heavy (non-hydrogen) atoms. The number of carbonyl (C=O) groups is 2. The SMILES string of the molecule is Cc1cccc(NC(=O)[C@H]2[C@@H](C(=O)O)[C@@H](c3ccccc3)C=C[C@@H]2c2ccccc2)c1C. The lowest BCUT2D eigenvalue weighted by molar-refractivity contribution is -0.147. The summed E-state index contributed by atoms with van der Waals surface area (Å²) in [5.74, 6) is -3.61. The third-order valence-electron chi connectivity index (χ3n) is 6.51. The van der Waals surface area contributed by atoms with Crippen molar-refractivity contribution in [3.8, 4) is 0 Å². The summed E-state index contributed by atoms with van der Waals surface area (Å²) in [5, 5.41) is 13.3. The zero-order valence-electron chi connectivity index (χ0n) is 18.2. The van der Waals surface area contributed by atoms with E-state index in [1.807, 2.05) is 105 Å². The van der Waals surface area contributed by atoms with Gasteiger partial charge in [0.15, 0.2) is 0 Å². The first-order valence-electron chi connectivity index (χ1n) is 10.9. The van der Waals surface area contributed by atoms with Gasteiger partial charge in [-0.15, -0.1) is 0 Å². The highest BCUT2D eigenvalue weighted by atomic mass is 16.4. The van der Waals surface area contributed by atoms with Crippen LogP contribution in [0.5, 0.6) is 0 Å². The number of nitrogens with one attached hydrogen (secondary N) is 1. The lowest BCUT2D eigenvalue weighted by Gasteiger charge is -2.37. The lowest BCUT2D eigenvalue weighted by Crippen LogP contribution is -2.42. The van der Waals surface area contributed by atoms with Crippen LogP contribution in [0.2, 0.25) is 0 Å². The molecule has 4 nitrogen and oxygen atoms in total. The molecule has 0 saturated heterocycles. The zero-order valence-corrected chi connectivity index (χ0v) is 18.2. The molecule has 3 aromatic carbocycles. The highest BCUT2D eigenvalue weighted by molar-refractivity contribution is 5.97. The zero-order chi connectivity index (χ0) is 22.7. The van der Waals surface area contributed by atoms with Gasteiger partial charge in [-0.2, -0.15) is 0 Å². The number of aryl methyl sites for hydroxylation is 1. The molecule has 162 valence electrons. The highest BCUT2D eigenvalue weighted by Gasteiger charge is 2.46. The third-order valence-corrected chi connectivity index (χ3v) is 6.51. The van der Waals surface area contributed by atoms with E-state index in [-0.39, 0.29) is 17.7 Å². The van der Waals surface area contributed by atoms with E-state index in [2.05, 4.69) is 5.32 Å². The largest absolute Gasteiger partial charge is 0.481 e. The quantitative estimate of drug-likeness (QED) is 0.516. The number of allylic oxidation sites excluding steroid dienone is 2. The summed E-state index contributed by atoms with van der Waals surface area (Å²) in [6.07, 6.45) is 3.95. The van der Waals surface area contributed by atoms with Gasteiger partial charge < -0.3 is 10.4 Å². The van der Waals surface area contributed by atoms with Crippen molar-refractivity contribution in [2.24, 2.45) is 11.8 Å². The molecule has 0 fully saturated rings. The molecular formula is C28H27NO3. The van der Waals surface area contributed by atoms with E-state index in [0.717, 1.165) is 27.9 Å². The summed E-state index contributed by atoms with van der Waals surface area (Å²) < 4.78 is 0. The number of hydrogen-bond donors (Lipinski definition) is 2. The van der Waals surface area contributed by atoms with Crippen molar-refractivity contribution in [1.82, 2.24) is 0 Å². The first kappa shape index (κ1) is 21.6. The molecule has 4 heteroatoms. The fourth-order valence-corrected chi connectivity index (χ4v) is 4.65. The van der Waals surface area contributed by atoms with Gasteiger partial charge in [-0.05, 0) is 42.2 Å². The molecule has 0 radical (unpaired) electrons. The molecule has 0 unspecified atom stereocenters. The van der Waals surface area contributed by atoms with Crippen LogP contribution in [0.15, 0.2) is 91.0 Å². The number of amides is 1. The van der Waals surface area contributed by atoms with Crippen LogP contribution < -0.4 is 5.32 Å². The van der Waals surface area contributed by atoms with Gasteiger partial charge in [0.2, 0.25) is 5.91 Å². The number of hydrogen-bond acceptors (Lipinski definition) is 2. The van der Waals surface area contributed by atoms with Crippen LogP contribution in [-0.4, -0.2) is 17.0 Å². The first-order chi connectivity index (χ1) is 15.5. The standard InChI is InChI=1S/C28H27NO3/c1-18-10-9-15-24(19(18)2)29-27(30)25-22(20-11-5-3-6-12-20)16-17-23(26(25)28(31)32)21-13-7-4-8-14-21/h3-17,22-23,25-26H,1-2H3,(H,29,30)(H,31,32)/t22-,23-,25-,26+/m1/s1. The van der Waals surface area contributed by atoms with E-state index in [1.54, 1.807) is 0 Å². The minimum absolute atomic E-state index is 0.273. The van der Waals surface area contributed by atoms with Crippen molar-refractivity contribution < 1.29 is 14.7 Å². The highest BCUT2D eigenvalue weighted by Crippen LogP contribution is 2.45. The van der Waals surface area contributed by atoms with Gasteiger partial charge in [0, 0.05) is 17.5 Å². The maximum atomic E-state index is 13.7. The topological polar surface area (TPSA) is 66.4 Å². The smallest absolute Gasteiger partial charge is 0.308 e. The van der Waals surface area contributed by atoms with Crippen LogP contribution in [0, 0.1) is 25.7 Å². The van der Waals surface area contributed by atoms with Crippen molar-refractivity contribution in [3.05, 3.63) is 113 Å². The number of rotatable bonds is 5. The van der Waals surface area contributed by atoms with E-state index < -0.39 is 17.8 Å². The second-order valence-corrected chi connectivity index (χ2v) is 8.38. The summed E-state index contributed by atoms with van der Waals surface area (Å²) in [6, 6.07) is 25.0. The van der Waals surface area contributed by atoms with Crippen LogP contribution in [0.1, 0.15) is 34.1 Å². The molecule has 2 N–H and O–H groups in total. The van der Waals surface area contributed by atoms with Crippen LogP contribution in [0.4, 0.5) is 5.69 Å². The van der Waals surface area contributed by atoms with Gasteiger partial charge in [-0.25, -0.2) is 0 Å². The summed E-state index contributed by atoms with van der Waals surface area (Å²) >= 11 is 0. The lowest BCUT2D eigenvalue weighted by atomic mass is 9.66. The van der Waals surface area contributed by atoms with Gasteiger partial charge in [-0.3, -0.25) is 9.59 Å². The summed E-state index contributed by atoms with van der Waals surface area (Å²) in [6.45, 7) is 3.95. The third kappa shape index (κ3) is 4.22. The second kappa shape index (κ2) is 9.23. The normalized spacial score (nSPS) is 22.3. The molecule has 0 heterocycles. The Morgan fingerprint density at radius 2 is 1.25 bits per heavy atom. The summed E-state index contributed by atoms with van der Waals surface area (Å²) in [5.41, 5.74) is 4.60. The first-order valence-corrected chi connectivity index (χ1v) is 10.9. The Bertz CT molecular complexity index is 1140. The number of carboxylic acid groups (broad SMARTS) is 1. The number of anilines is 1. The minimum atomic E-state index is -0.967. The Hall–Kier alpha value is -3.66. The Morgan fingerprint density at radius 1 is 0.719 bits per heavy atom. The van der Waals surface area contributed by atoms with Crippen LogP contribution >= 0.6 is 0 Å². The fraction of sp³-hybridized carbons (Fsp3) is 0.214. The Kier molecular flexibility index (Phi) is 6.22. The fourth-order valence-electron chi connectivity index (χ4n) is 4.65. The van der Waals surface area contributed by atoms with Crippen LogP contribution in [0.3, 0.4) is 0 Å². The monoisotopic (exact) mass is 425 g/mol. The average molecular weight is 426 g/mol. The minimum Gasteiger partial charge on any atom is -0.481 e. The number of carbonyl (C=O) groups excluding carboxylic acids is 1. The van der Waals surface area contributed by atoms with Gasteiger partial charge >= 0.3 is 5.97 Å². The molecule has 0 aromatic heterocycles. The predicted molar refractivity (Wildman–Crippen MR) is 127 cm³/mol. The molecule has 3 aromatic rings. The predicted octanol–water partition coefficient (Wildman–Crippen LogP) is 5.70. The number of carboxylic acids is 1. The van der Waals surface area contributed by atoms with E-state index >= 15 is 0 Å². The number of aliphatic carboxylic acids is 1. The molecule has 0 saturated carbocycles. The number of benzene rings is 3. The molecule has 1 aliphatic carbocycles. The summed E-state index contributed by atoms with van der Waals surface area (Å²) in [7, 11) is 0. The van der Waals surface area contributed by atoms with Crippen LogP contribution in [-0.2, 0) is 9.59 Å². The molecule has 1 amide bonds. The molecule has 1 aliphatic rings. The van der Waals surface area contributed by atoms with E-state index in [1.165, 1.54) is 0 Å². The van der Waals surface area contributed by atoms with E-state index in [4.69, 9.17) is 0 Å². The van der Waals surface area contributed by atoms with Crippen molar-refractivity contribution >= 4 is 17.6 Å². The van der Waals surface area contributed by atoms with Gasteiger partial charge in [0.1, 0.15) is 0 Å². The van der Waals surface area contributed by atoms with Crippen molar-refractivity contribution in [2.45, 2.75) is 25.7 Å². The molecule has 4 rings (SSSR count). The second-order valence-electron chi connectivity index (χ2n) is 8.38. The van der Waals surface area contributed by atoms with Crippen molar-refractivity contribution in [1.29, 1.82) is 0 Å². The molecule has 4 atom stereocenters. The van der Waals surface area contributed by atoms with Crippen molar-refractivity contribution in [3.63, 3.8) is 0 Å². The maximum absolute atomic E-state index is 13.7. The Morgan fingerprint density at radius 3 is 1.78 bits per heavy atom. The maximum Gasteiger partial charge on any atom is 0.308 e. The van der Waals surface area contributed by atoms with Gasteiger partial charge in [0.25, 0.3) is 0 Å². The molecule has 0 bridgehead atoms.